The van der Waals surface area contributed by atoms with Crippen LogP contribution in [0.3, 0.4) is 0 Å². The molecule has 1 aliphatic rings. The van der Waals surface area contributed by atoms with E-state index >= 15 is 0 Å². The summed E-state index contributed by atoms with van der Waals surface area (Å²) < 4.78 is 4.59. The lowest BCUT2D eigenvalue weighted by Gasteiger charge is -2.12. The quantitative estimate of drug-likeness (QED) is 0.204. The zero-order valence-corrected chi connectivity index (χ0v) is 21.9. The first-order valence-corrected chi connectivity index (χ1v) is 13.9. The van der Waals surface area contributed by atoms with Gasteiger partial charge < -0.3 is 4.57 Å². The highest BCUT2D eigenvalue weighted by molar-refractivity contribution is 6.17. The molecule has 0 saturated heterocycles. The first-order chi connectivity index (χ1) is 20.3. The lowest BCUT2D eigenvalue weighted by atomic mass is 9.97. The summed E-state index contributed by atoms with van der Waals surface area (Å²) in [7, 11) is 0. The molecule has 0 atom stereocenters. The molecule has 0 fully saturated rings. The number of rotatable bonds is 1. The van der Waals surface area contributed by atoms with Crippen LogP contribution in [-0.4, -0.2) is 23.9 Å². The lowest BCUT2D eigenvalue weighted by Crippen LogP contribution is -1.96. The fraction of sp³-hybridized carbons (Fsp3) is 0.0278. The van der Waals surface area contributed by atoms with Gasteiger partial charge in [-0.15, -0.1) is 0 Å². The van der Waals surface area contributed by atoms with Crippen LogP contribution in [0.4, 0.5) is 0 Å². The molecule has 41 heavy (non-hydrogen) atoms. The molecule has 9 aromatic rings. The Labute approximate surface area is 234 Å². The maximum Gasteiger partial charge on any atom is 0.165 e. The molecule has 0 aliphatic heterocycles. The number of benzene rings is 4. The van der Waals surface area contributed by atoms with Crippen LogP contribution in [0.15, 0.2) is 116 Å². The molecule has 5 nitrogen and oxygen atoms in total. The Kier molecular flexibility index (Phi) is 3.92. The SMILES string of the molecule is c1ccc(-n2c3ccccc3c3cc4c(cc32)-c2ccc3c5ccncc5n5c6ncccc6nc5c3c2C4)cc1. The van der Waals surface area contributed by atoms with Crippen LogP contribution in [0.1, 0.15) is 11.1 Å². The van der Waals surface area contributed by atoms with Crippen molar-refractivity contribution in [2.45, 2.75) is 6.42 Å². The van der Waals surface area contributed by atoms with Crippen LogP contribution in [0.25, 0.3) is 77.1 Å². The number of hydrogen-bond acceptors (Lipinski definition) is 3. The molecule has 0 bridgehead atoms. The lowest BCUT2D eigenvalue weighted by molar-refractivity contribution is 1.18. The second-order valence-corrected chi connectivity index (χ2v) is 10.9. The Bertz CT molecular complexity index is 2550. The minimum Gasteiger partial charge on any atom is -0.309 e. The van der Waals surface area contributed by atoms with Gasteiger partial charge in [-0.25, -0.2) is 9.97 Å². The highest BCUT2D eigenvalue weighted by Crippen LogP contribution is 2.46. The summed E-state index contributed by atoms with van der Waals surface area (Å²) in [6.07, 6.45) is 6.51. The van der Waals surface area contributed by atoms with Crippen LogP contribution in [0, 0.1) is 0 Å². The Balaban J connectivity index is 1.34. The molecule has 5 heterocycles. The Morgan fingerprint density at radius 2 is 1.49 bits per heavy atom. The van der Waals surface area contributed by atoms with Crippen LogP contribution < -0.4 is 0 Å². The van der Waals surface area contributed by atoms with Crippen LogP contribution >= 0.6 is 0 Å². The van der Waals surface area contributed by atoms with Gasteiger partial charge in [-0.3, -0.25) is 9.38 Å². The fourth-order valence-electron chi connectivity index (χ4n) is 7.17. The zero-order chi connectivity index (χ0) is 26.7. The molecule has 0 amide bonds. The van der Waals surface area contributed by atoms with E-state index in [0.29, 0.717) is 0 Å². The number of para-hydroxylation sites is 2. The van der Waals surface area contributed by atoms with Gasteiger partial charge in [-0.05, 0) is 82.6 Å². The van der Waals surface area contributed by atoms with Gasteiger partial charge in [0.25, 0.3) is 0 Å². The van der Waals surface area contributed by atoms with Gasteiger partial charge >= 0.3 is 0 Å². The fourth-order valence-corrected chi connectivity index (χ4v) is 7.17. The number of imidazole rings is 1. The molecule has 0 saturated carbocycles. The average molecular weight is 524 g/mol. The molecule has 0 spiro atoms. The van der Waals surface area contributed by atoms with E-state index in [1.165, 1.54) is 60.5 Å². The van der Waals surface area contributed by atoms with Crippen LogP contribution in [0.2, 0.25) is 0 Å². The Morgan fingerprint density at radius 1 is 0.610 bits per heavy atom. The first-order valence-electron chi connectivity index (χ1n) is 13.9. The van der Waals surface area contributed by atoms with Gasteiger partial charge in [0.2, 0.25) is 0 Å². The van der Waals surface area contributed by atoms with Crippen molar-refractivity contribution in [1.82, 2.24) is 23.9 Å². The molecule has 5 aromatic heterocycles. The number of pyridine rings is 3. The van der Waals surface area contributed by atoms with Crippen molar-refractivity contribution in [3.63, 3.8) is 0 Å². The van der Waals surface area contributed by atoms with Crippen LogP contribution in [0.5, 0.6) is 0 Å². The maximum atomic E-state index is 5.14. The maximum absolute atomic E-state index is 5.14. The van der Waals surface area contributed by atoms with Crippen molar-refractivity contribution in [3.05, 3.63) is 127 Å². The average Bonchev–Trinajstić information content (AvgIpc) is 3.69. The van der Waals surface area contributed by atoms with Gasteiger partial charge in [0, 0.05) is 39.6 Å². The number of fused-ring (bicyclic) bond motifs is 15. The van der Waals surface area contributed by atoms with Gasteiger partial charge in [-0.2, -0.15) is 0 Å². The standard InChI is InChI=1S/C36H21N5/c1-2-7-22(8-3-1)40-31-11-5-4-9-24(31)28-17-21-18-29-23(27(21)19-32(28)40)12-13-26-25-14-16-37-20-33(25)41-35-30(10-6-15-38-35)39-36(41)34(26)29/h1-17,19-20H,18H2. The largest absolute Gasteiger partial charge is 0.309 e. The molecule has 10 rings (SSSR count). The van der Waals surface area contributed by atoms with Gasteiger partial charge in [0.05, 0.1) is 22.7 Å². The highest BCUT2D eigenvalue weighted by Gasteiger charge is 2.26. The third kappa shape index (κ3) is 2.68. The van der Waals surface area contributed by atoms with Gasteiger partial charge in [-0.1, -0.05) is 48.5 Å². The molecule has 0 radical (unpaired) electrons. The molecule has 1 aliphatic carbocycles. The second kappa shape index (κ2) is 7.55. The molecule has 0 N–H and O–H groups in total. The van der Waals surface area contributed by atoms with Crippen LogP contribution in [-0.2, 0) is 6.42 Å². The third-order valence-corrected chi connectivity index (χ3v) is 8.85. The minimum atomic E-state index is 0.865. The van der Waals surface area contributed by atoms with Crippen molar-refractivity contribution in [1.29, 1.82) is 0 Å². The summed E-state index contributed by atoms with van der Waals surface area (Å²) in [5, 5.41) is 6.15. The Hall–Kier alpha value is -5.55. The van der Waals surface area contributed by atoms with E-state index in [-0.39, 0.29) is 0 Å². The van der Waals surface area contributed by atoms with Crippen molar-refractivity contribution >= 4 is 60.3 Å². The van der Waals surface area contributed by atoms with E-state index in [2.05, 4.69) is 98.9 Å². The summed E-state index contributed by atoms with van der Waals surface area (Å²) in [4.78, 5) is 14.3. The van der Waals surface area contributed by atoms with E-state index in [0.717, 1.165) is 34.1 Å². The molecule has 0 unspecified atom stereocenters. The molecule has 190 valence electrons. The van der Waals surface area contributed by atoms with Crippen molar-refractivity contribution in [2.24, 2.45) is 0 Å². The predicted molar refractivity (Wildman–Crippen MR) is 166 cm³/mol. The number of hydrogen-bond donors (Lipinski definition) is 0. The smallest absolute Gasteiger partial charge is 0.165 e. The topological polar surface area (TPSA) is 48.0 Å². The molecular formula is C36H21N5. The monoisotopic (exact) mass is 523 g/mol. The van der Waals surface area contributed by atoms with E-state index in [1.54, 1.807) is 0 Å². The predicted octanol–water partition coefficient (Wildman–Crippen LogP) is 8.25. The first kappa shape index (κ1) is 21.3. The van der Waals surface area contributed by atoms with Gasteiger partial charge in [0.1, 0.15) is 11.2 Å². The molecular weight excluding hydrogens is 502 g/mol. The number of aromatic nitrogens is 5. The number of nitrogens with zero attached hydrogens (tertiary/aromatic N) is 5. The van der Waals surface area contributed by atoms with Gasteiger partial charge in [0.15, 0.2) is 5.65 Å². The van der Waals surface area contributed by atoms with E-state index in [1.807, 2.05) is 30.7 Å². The zero-order valence-electron chi connectivity index (χ0n) is 21.9. The molecule has 4 aromatic carbocycles. The second-order valence-electron chi connectivity index (χ2n) is 10.9. The van der Waals surface area contributed by atoms with Crippen molar-refractivity contribution in [2.75, 3.05) is 0 Å². The highest BCUT2D eigenvalue weighted by atomic mass is 15.1. The summed E-state index contributed by atoms with van der Waals surface area (Å²) in [6, 6.07) is 34.9. The normalized spacial score (nSPS) is 12.8. The van der Waals surface area contributed by atoms with Crippen molar-refractivity contribution in [3.8, 4) is 16.8 Å². The van der Waals surface area contributed by atoms with Crippen molar-refractivity contribution < 1.29 is 0 Å². The summed E-state index contributed by atoms with van der Waals surface area (Å²) in [5.74, 6) is 0. The van der Waals surface area contributed by atoms with E-state index < -0.39 is 0 Å². The third-order valence-electron chi connectivity index (χ3n) is 8.85. The van der Waals surface area contributed by atoms with E-state index in [4.69, 9.17) is 9.97 Å². The summed E-state index contributed by atoms with van der Waals surface area (Å²) in [5.41, 5.74) is 12.7. The summed E-state index contributed by atoms with van der Waals surface area (Å²) in [6.45, 7) is 0. The molecule has 5 heteroatoms. The minimum absolute atomic E-state index is 0.865. The Morgan fingerprint density at radius 3 is 2.44 bits per heavy atom. The summed E-state index contributed by atoms with van der Waals surface area (Å²) >= 11 is 0. The van der Waals surface area contributed by atoms with E-state index in [9.17, 15) is 0 Å².